The van der Waals surface area contributed by atoms with E-state index >= 15 is 0 Å². The number of imide groups is 1. The fourth-order valence-corrected chi connectivity index (χ4v) is 5.33. The Morgan fingerprint density at radius 2 is 1.81 bits per heavy atom. The van der Waals surface area contributed by atoms with E-state index in [0.717, 1.165) is 50.3 Å². The van der Waals surface area contributed by atoms with Crippen molar-refractivity contribution >= 4 is 28.8 Å². The maximum atomic E-state index is 13.2. The summed E-state index contributed by atoms with van der Waals surface area (Å²) in [6.07, 6.45) is 1.65. The molecule has 2 aromatic rings. The lowest BCUT2D eigenvalue weighted by atomic mass is 9.92. The molecule has 4 rings (SSSR count). The Labute approximate surface area is 211 Å². The molecular formula is C25H31F3N4O5. The van der Waals surface area contributed by atoms with Crippen LogP contribution in [0.4, 0.5) is 13.2 Å². The van der Waals surface area contributed by atoms with Gasteiger partial charge in [-0.2, -0.15) is 13.2 Å². The Kier molecular flexibility index (Phi) is 8.05. The van der Waals surface area contributed by atoms with Crippen molar-refractivity contribution in [1.29, 1.82) is 0 Å². The summed E-state index contributed by atoms with van der Waals surface area (Å²) >= 11 is 0. The van der Waals surface area contributed by atoms with E-state index in [0.29, 0.717) is 11.0 Å². The minimum Gasteiger partial charge on any atom is -0.321 e. The predicted molar refractivity (Wildman–Crippen MR) is 127 cm³/mol. The van der Waals surface area contributed by atoms with Crippen LogP contribution in [0, 0.1) is 5.92 Å². The minimum absolute atomic E-state index is 0.0995. The summed E-state index contributed by atoms with van der Waals surface area (Å²) in [5.41, 5.74) is 1.46. The highest BCUT2D eigenvalue weighted by atomic mass is 19.4. The lowest BCUT2D eigenvalue weighted by molar-refractivity contribution is -0.238. The van der Waals surface area contributed by atoms with E-state index in [4.69, 9.17) is 0 Å². The number of rotatable bonds is 8. The fraction of sp³-hybridized carbons (Fsp3) is 0.600. The first-order valence-corrected chi connectivity index (χ1v) is 12.6. The molecule has 1 unspecified atom stereocenters. The van der Waals surface area contributed by atoms with Gasteiger partial charge in [-0.3, -0.25) is 18.7 Å². The molecule has 2 saturated heterocycles. The minimum atomic E-state index is -5.38. The number of imidazole rings is 1. The van der Waals surface area contributed by atoms with Crippen LogP contribution in [0.25, 0.3) is 11.0 Å². The molecule has 3 heterocycles. The number of aromatic nitrogens is 2. The van der Waals surface area contributed by atoms with Crippen LogP contribution in [0.5, 0.6) is 0 Å². The van der Waals surface area contributed by atoms with Crippen LogP contribution >= 0.6 is 0 Å². The summed E-state index contributed by atoms with van der Waals surface area (Å²) in [5.74, 6) is -4.17. The van der Waals surface area contributed by atoms with Crippen LogP contribution in [0.2, 0.25) is 0 Å². The fourth-order valence-electron chi connectivity index (χ4n) is 5.33. The highest BCUT2D eigenvalue weighted by Crippen LogP contribution is 2.30. The topological polar surface area (TPSA) is 103 Å². The Morgan fingerprint density at radius 1 is 1.08 bits per heavy atom. The number of hydrogen-bond donors (Lipinski definition) is 1. The molecule has 2 fully saturated rings. The third kappa shape index (κ3) is 5.73. The number of carbonyl (C=O) groups excluding carboxylic acids is 3. The van der Waals surface area contributed by atoms with Crippen LogP contribution in [-0.4, -0.2) is 51.2 Å². The number of nitrogens with zero attached hydrogens (tertiary/aromatic N) is 3. The molecule has 202 valence electrons. The van der Waals surface area contributed by atoms with E-state index in [1.165, 1.54) is 28.4 Å². The summed E-state index contributed by atoms with van der Waals surface area (Å²) in [4.78, 5) is 53.6. The number of benzene rings is 1. The largest absolute Gasteiger partial charge is 0.493 e. The van der Waals surface area contributed by atoms with E-state index in [1.807, 2.05) is 6.07 Å². The van der Waals surface area contributed by atoms with Crippen molar-refractivity contribution in [1.82, 2.24) is 19.5 Å². The number of piperidine rings is 2. The molecule has 9 nitrogen and oxygen atoms in total. The third-order valence-corrected chi connectivity index (χ3v) is 7.26. The van der Waals surface area contributed by atoms with Gasteiger partial charge in [0.2, 0.25) is 0 Å². The molecule has 0 saturated carbocycles. The molecule has 0 bridgehead atoms. The van der Waals surface area contributed by atoms with Crippen LogP contribution in [0.3, 0.4) is 0 Å². The Balaban J connectivity index is 1.51. The maximum absolute atomic E-state index is 13.2. The quantitative estimate of drug-likeness (QED) is 0.421. The Bertz CT molecular complexity index is 1230. The number of aryl methyl sites for hydroxylation is 2. The Hall–Kier alpha value is -3.15. The monoisotopic (exact) mass is 524 g/mol. The van der Waals surface area contributed by atoms with Crippen LogP contribution in [-0.2, 0) is 32.7 Å². The van der Waals surface area contributed by atoms with Crippen molar-refractivity contribution in [3.8, 4) is 0 Å². The molecule has 2 amide bonds. The van der Waals surface area contributed by atoms with Crippen molar-refractivity contribution in [3.05, 3.63) is 34.2 Å². The van der Waals surface area contributed by atoms with Gasteiger partial charge in [0.05, 0.1) is 11.0 Å². The van der Waals surface area contributed by atoms with Crippen molar-refractivity contribution in [3.63, 3.8) is 0 Å². The molecule has 1 atom stereocenters. The second kappa shape index (κ2) is 11.1. The Morgan fingerprint density at radius 3 is 2.51 bits per heavy atom. The van der Waals surface area contributed by atoms with Gasteiger partial charge in [-0.1, -0.05) is 31.4 Å². The molecular weight excluding hydrogens is 493 g/mol. The van der Waals surface area contributed by atoms with Gasteiger partial charge in [0.15, 0.2) is 0 Å². The molecule has 0 radical (unpaired) electrons. The van der Waals surface area contributed by atoms with Gasteiger partial charge in [0.25, 0.3) is 11.8 Å². The molecule has 2 aliphatic heterocycles. The van der Waals surface area contributed by atoms with Crippen LogP contribution in [0.15, 0.2) is 23.0 Å². The molecule has 1 N–H and O–H groups in total. The number of hydroxylamine groups is 2. The van der Waals surface area contributed by atoms with Gasteiger partial charge < -0.3 is 10.2 Å². The number of hydrogen-bond acceptors (Lipinski definition) is 6. The highest BCUT2D eigenvalue weighted by molar-refractivity contribution is 6.00. The summed E-state index contributed by atoms with van der Waals surface area (Å²) < 4.78 is 40.6. The second-order valence-electron chi connectivity index (χ2n) is 9.75. The van der Waals surface area contributed by atoms with Gasteiger partial charge >= 0.3 is 17.8 Å². The van der Waals surface area contributed by atoms with Crippen LogP contribution < -0.4 is 11.0 Å². The zero-order valence-electron chi connectivity index (χ0n) is 20.7. The molecule has 2 aliphatic rings. The van der Waals surface area contributed by atoms with Gasteiger partial charge in [-0.15, -0.1) is 5.06 Å². The second-order valence-corrected chi connectivity index (χ2v) is 9.75. The summed E-state index contributed by atoms with van der Waals surface area (Å²) in [6, 6.07) is 4.06. The predicted octanol–water partition coefficient (Wildman–Crippen LogP) is 3.15. The SMILES string of the molecule is Cn1c(=O)n(C2CCC(=O)N(OC(=O)C(F)(F)F)C2=O)c2cccc(CCCCCC3CCNCC3)c21. The first-order chi connectivity index (χ1) is 17.6. The number of nitrogens with one attached hydrogen (secondary N) is 1. The summed E-state index contributed by atoms with van der Waals surface area (Å²) in [7, 11) is 1.57. The average Bonchev–Trinajstić information content (AvgIpc) is 3.12. The van der Waals surface area contributed by atoms with E-state index in [9.17, 15) is 32.3 Å². The zero-order valence-corrected chi connectivity index (χ0v) is 20.7. The van der Waals surface area contributed by atoms with Gasteiger partial charge in [0.1, 0.15) is 6.04 Å². The smallest absolute Gasteiger partial charge is 0.321 e. The lowest BCUT2D eigenvalue weighted by Gasteiger charge is -2.29. The molecule has 37 heavy (non-hydrogen) atoms. The van der Waals surface area contributed by atoms with Crippen molar-refractivity contribution in [2.75, 3.05) is 13.1 Å². The van der Waals surface area contributed by atoms with Crippen LogP contribution in [0.1, 0.15) is 63.0 Å². The molecule has 0 aliphatic carbocycles. The molecule has 1 aromatic heterocycles. The molecule has 12 heteroatoms. The number of amides is 2. The maximum Gasteiger partial charge on any atom is 0.493 e. The number of carbonyl (C=O) groups is 3. The average molecular weight is 525 g/mol. The van der Waals surface area contributed by atoms with Gasteiger partial charge in [-0.25, -0.2) is 9.59 Å². The highest BCUT2D eigenvalue weighted by Gasteiger charge is 2.47. The number of halogens is 3. The van der Waals surface area contributed by atoms with Gasteiger partial charge in [-0.05, 0) is 62.7 Å². The van der Waals surface area contributed by atoms with E-state index in [-0.39, 0.29) is 17.9 Å². The molecule has 0 spiro atoms. The number of fused-ring (bicyclic) bond motifs is 1. The lowest BCUT2D eigenvalue weighted by Crippen LogP contribution is -2.49. The number of unbranched alkanes of at least 4 members (excludes halogenated alkanes) is 2. The summed E-state index contributed by atoms with van der Waals surface area (Å²) in [5, 5.41) is 3.21. The molecule has 1 aromatic carbocycles. The van der Waals surface area contributed by atoms with Gasteiger partial charge in [0, 0.05) is 13.5 Å². The standard InChI is InChI=1S/C25H31F3N4O5/c1-30-21-17(7-4-2-3-6-16-12-14-29-15-13-16)8-5-9-18(21)31(24(30)36)19-10-11-20(33)32(22(19)34)37-23(35)25(26,27)28/h5,8-9,16,19,29H,2-4,6-7,10-15H2,1H3. The number of para-hydroxylation sites is 1. The third-order valence-electron chi connectivity index (χ3n) is 7.26. The zero-order chi connectivity index (χ0) is 26.7. The van der Waals surface area contributed by atoms with Crippen molar-refractivity contribution in [2.45, 2.75) is 70.0 Å². The summed E-state index contributed by atoms with van der Waals surface area (Å²) in [6.45, 7) is 2.16. The normalized spacial score (nSPS) is 19.6. The first-order valence-electron chi connectivity index (χ1n) is 12.6. The van der Waals surface area contributed by atoms with E-state index in [2.05, 4.69) is 10.2 Å². The van der Waals surface area contributed by atoms with E-state index in [1.54, 1.807) is 19.2 Å². The van der Waals surface area contributed by atoms with E-state index < -0.39 is 35.7 Å². The number of alkyl halides is 3. The van der Waals surface area contributed by atoms with Crippen molar-refractivity contribution < 1.29 is 32.4 Å². The first kappa shape index (κ1) is 26.9. The van der Waals surface area contributed by atoms with Crippen molar-refractivity contribution in [2.24, 2.45) is 13.0 Å².